The number of para-hydroxylation sites is 2. The molecule has 39 heavy (non-hydrogen) atoms. The number of nitrogens with zero attached hydrogens (tertiary/aromatic N) is 2. The zero-order valence-electron chi connectivity index (χ0n) is 22.1. The molecule has 1 aromatic heterocycles. The summed E-state index contributed by atoms with van der Waals surface area (Å²) >= 11 is 0. The van der Waals surface area contributed by atoms with Gasteiger partial charge in [-0.3, -0.25) is 13.9 Å². The minimum absolute atomic E-state index is 0.102. The number of benzene rings is 1. The van der Waals surface area contributed by atoms with Crippen LogP contribution < -0.4 is 9.46 Å². The summed E-state index contributed by atoms with van der Waals surface area (Å²) in [5, 5.41) is 8.80. The van der Waals surface area contributed by atoms with Crippen LogP contribution in [0.2, 0.25) is 0 Å². The Kier molecular flexibility index (Phi) is 11.9. The van der Waals surface area contributed by atoms with Crippen LogP contribution in [-0.2, 0) is 36.1 Å². The van der Waals surface area contributed by atoms with Gasteiger partial charge in [0.05, 0.1) is 56.9 Å². The molecular formula is C27H31N3O7S2. The number of hydrogen-bond acceptors (Lipinski definition) is 8. The number of carboxylic acids is 1. The molecule has 0 radical (unpaired) electrons. The SMILES string of the molecule is C#CC/C(=C\C=C(/CC)OCC(=O)O)S(=O)(=O)Nc1ccccc1N=CS(=O)Cc1ncc(C)c(OC)c1C. The van der Waals surface area contributed by atoms with Crippen molar-refractivity contribution in [1.82, 2.24) is 4.98 Å². The van der Waals surface area contributed by atoms with Gasteiger partial charge in [0.15, 0.2) is 6.61 Å². The van der Waals surface area contributed by atoms with E-state index in [9.17, 15) is 17.4 Å². The number of anilines is 1. The Morgan fingerprint density at radius 2 is 2.00 bits per heavy atom. The van der Waals surface area contributed by atoms with E-state index in [4.69, 9.17) is 21.0 Å². The van der Waals surface area contributed by atoms with Crippen molar-refractivity contribution in [1.29, 1.82) is 0 Å². The van der Waals surface area contributed by atoms with Gasteiger partial charge in [-0.2, -0.15) is 0 Å². The summed E-state index contributed by atoms with van der Waals surface area (Å²) in [5.74, 6) is 2.22. The molecule has 0 bridgehead atoms. The lowest BCUT2D eigenvalue weighted by molar-refractivity contribution is -0.140. The molecule has 2 N–H and O–H groups in total. The molecular weight excluding hydrogens is 542 g/mol. The highest BCUT2D eigenvalue weighted by Crippen LogP contribution is 2.28. The minimum atomic E-state index is -4.12. The van der Waals surface area contributed by atoms with Gasteiger partial charge in [0.25, 0.3) is 10.0 Å². The van der Waals surface area contributed by atoms with Gasteiger partial charge in [0.2, 0.25) is 0 Å². The van der Waals surface area contributed by atoms with Crippen molar-refractivity contribution in [3.05, 3.63) is 70.1 Å². The molecule has 208 valence electrons. The largest absolute Gasteiger partial charge is 0.496 e. The maximum atomic E-state index is 13.1. The van der Waals surface area contributed by atoms with E-state index in [1.165, 1.54) is 23.8 Å². The summed E-state index contributed by atoms with van der Waals surface area (Å²) in [6.07, 6.45) is 9.81. The van der Waals surface area contributed by atoms with Crippen LogP contribution in [0, 0.1) is 26.2 Å². The number of carbonyl (C=O) groups is 1. The lowest BCUT2D eigenvalue weighted by Gasteiger charge is -2.12. The van der Waals surface area contributed by atoms with E-state index in [1.54, 1.807) is 38.4 Å². The fourth-order valence-corrected chi connectivity index (χ4v) is 5.32. The second-order valence-electron chi connectivity index (χ2n) is 8.11. The lowest BCUT2D eigenvalue weighted by atomic mass is 10.1. The smallest absolute Gasteiger partial charge is 0.341 e. The van der Waals surface area contributed by atoms with E-state index >= 15 is 0 Å². The molecule has 1 heterocycles. The number of hydrogen-bond donors (Lipinski definition) is 2. The molecule has 2 rings (SSSR count). The minimum Gasteiger partial charge on any atom is -0.496 e. The Balaban J connectivity index is 2.28. The van der Waals surface area contributed by atoms with E-state index in [0.717, 1.165) is 11.1 Å². The first kappa shape index (κ1) is 31.3. The van der Waals surface area contributed by atoms with E-state index in [-0.39, 0.29) is 34.2 Å². The third-order valence-electron chi connectivity index (χ3n) is 5.29. The number of ether oxygens (including phenoxy) is 2. The molecule has 0 fully saturated rings. The van der Waals surface area contributed by atoms with Gasteiger partial charge in [-0.25, -0.2) is 18.2 Å². The number of sulfonamides is 1. The maximum absolute atomic E-state index is 13.1. The summed E-state index contributed by atoms with van der Waals surface area (Å²) in [6, 6.07) is 6.38. The van der Waals surface area contributed by atoms with Crippen molar-refractivity contribution in [2.75, 3.05) is 18.4 Å². The topological polar surface area (TPSA) is 144 Å². The standard InChI is InChI=1S/C27H31N3O7S2/c1-6-10-22(14-13-21(7-2)37-16-26(31)32)39(34,35)30-24-12-9-8-11-23(24)29-18-38(33)17-25-20(4)27(36-5)19(3)15-28-25/h1,8-9,11-15,18,30H,7,10,16-17H2,2-5H3,(H,31,32)/b21-13+,22-14+,29-18?. The summed E-state index contributed by atoms with van der Waals surface area (Å²) in [6.45, 7) is 4.89. The molecule has 1 atom stereocenters. The third-order valence-corrected chi connectivity index (χ3v) is 7.65. The molecule has 0 aliphatic rings. The van der Waals surface area contributed by atoms with Crippen molar-refractivity contribution in [2.24, 2.45) is 4.99 Å². The number of carboxylic acid groups (broad SMARTS) is 1. The average molecular weight is 574 g/mol. The second kappa shape index (κ2) is 14.8. The van der Waals surface area contributed by atoms with Gasteiger partial charge >= 0.3 is 5.97 Å². The first-order valence-corrected chi connectivity index (χ1v) is 14.6. The molecule has 0 aliphatic carbocycles. The van der Waals surface area contributed by atoms with Crippen molar-refractivity contribution < 1.29 is 32.0 Å². The van der Waals surface area contributed by atoms with Crippen LogP contribution in [0.3, 0.4) is 0 Å². The molecule has 1 aromatic carbocycles. The fourth-order valence-electron chi connectivity index (χ4n) is 3.34. The quantitative estimate of drug-likeness (QED) is 0.112. The summed E-state index contributed by atoms with van der Waals surface area (Å²) < 4.78 is 52.0. The van der Waals surface area contributed by atoms with Crippen molar-refractivity contribution >= 4 is 43.7 Å². The van der Waals surface area contributed by atoms with Gasteiger partial charge in [-0.05, 0) is 38.1 Å². The molecule has 2 aromatic rings. The zero-order valence-corrected chi connectivity index (χ0v) is 23.8. The van der Waals surface area contributed by atoms with Crippen LogP contribution >= 0.6 is 0 Å². The van der Waals surface area contributed by atoms with E-state index in [0.29, 0.717) is 17.9 Å². The maximum Gasteiger partial charge on any atom is 0.341 e. The van der Waals surface area contributed by atoms with Gasteiger partial charge in [0.1, 0.15) is 5.75 Å². The molecule has 0 saturated carbocycles. The number of aliphatic imine (C=N–C) groups is 1. The highest BCUT2D eigenvalue weighted by atomic mass is 32.2. The molecule has 0 saturated heterocycles. The Bertz CT molecular complexity index is 1460. The Morgan fingerprint density at radius 3 is 2.64 bits per heavy atom. The van der Waals surface area contributed by atoms with Crippen LogP contribution in [0.4, 0.5) is 11.4 Å². The molecule has 0 amide bonds. The number of aryl methyl sites for hydroxylation is 1. The molecule has 10 nitrogen and oxygen atoms in total. The van der Waals surface area contributed by atoms with E-state index < -0.39 is 33.4 Å². The van der Waals surface area contributed by atoms with E-state index in [2.05, 4.69) is 20.6 Å². The normalized spacial score (nSPS) is 13.1. The highest BCUT2D eigenvalue weighted by molar-refractivity contribution is 7.97. The third kappa shape index (κ3) is 9.38. The van der Waals surface area contributed by atoms with Crippen molar-refractivity contribution in [2.45, 2.75) is 39.4 Å². The number of pyridine rings is 1. The number of methoxy groups -OCH3 is 1. The second-order valence-corrected chi connectivity index (χ2v) is 11.1. The van der Waals surface area contributed by atoms with Crippen LogP contribution in [-0.4, -0.2) is 47.9 Å². The number of terminal acetylenes is 1. The Labute approximate surface area is 231 Å². The van der Waals surface area contributed by atoms with E-state index in [1.807, 2.05) is 13.8 Å². The number of allylic oxidation sites excluding steroid dienone is 4. The number of aromatic nitrogens is 1. The van der Waals surface area contributed by atoms with Crippen molar-refractivity contribution in [3.63, 3.8) is 0 Å². The van der Waals surface area contributed by atoms with Crippen LogP contribution in [0.25, 0.3) is 0 Å². The molecule has 0 spiro atoms. The predicted octanol–water partition coefficient (Wildman–Crippen LogP) is 4.36. The number of nitrogens with one attached hydrogen (secondary N) is 1. The average Bonchev–Trinajstić information content (AvgIpc) is 2.89. The summed E-state index contributed by atoms with van der Waals surface area (Å²) in [7, 11) is -4.10. The van der Waals surface area contributed by atoms with Gasteiger partial charge in [-0.15, -0.1) is 12.3 Å². The first-order chi connectivity index (χ1) is 18.5. The van der Waals surface area contributed by atoms with Gasteiger partial charge in [0, 0.05) is 30.2 Å². The Morgan fingerprint density at radius 1 is 1.28 bits per heavy atom. The van der Waals surface area contributed by atoms with Crippen LogP contribution in [0.15, 0.2) is 58.3 Å². The molecule has 1 unspecified atom stereocenters. The van der Waals surface area contributed by atoms with Crippen molar-refractivity contribution in [3.8, 4) is 18.1 Å². The zero-order chi connectivity index (χ0) is 29.0. The summed E-state index contributed by atoms with van der Waals surface area (Å²) in [4.78, 5) is 19.2. The summed E-state index contributed by atoms with van der Waals surface area (Å²) in [5.41, 5.74) is 3.89. The van der Waals surface area contributed by atoms with Crippen LogP contribution in [0.1, 0.15) is 36.6 Å². The monoisotopic (exact) mass is 573 g/mol. The van der Waals surface area contributed by atoms with Gasteiger partial charge < -0.3 is 14.6 Å². The number of rotatable bonds is 14. The fraction of sp³-hybridized carbons (Fsp3) is 0.296. The van der Waals surface area contributed by atoms with Gasteiger partial charge in [-0.1, -0.05) is 19.1 Å². The molecule has 12 heteroatoms. The lowest BCUT2D eigenvalue weighted by Crippen LogP contribution is -2.15. The predicted molar refractivity (Wildman–Crippen MR) is 153 cm³/mol. The number of aliphatic carboxylic acids is 1. The first-order valence-electron chi connectivity index (χ1n) is 11.7. The Hall–Kier alpha value is -3.95. The molecule has 0 aliphatic heterocycles. The highest BCUT2D eigenvalue weighted by Gasteiger charge is 2.18. The van der Waals surface area contributed by atoms with Crippen LogP contribution in [0.5, 0.6) is 5.75 Å².